The molecule has 170 valence electrons. The number of aromatic amines is 1. The van der Waals surface area contributed by atoms with Crippen molar-refractivity contribution in [3.05, 3.63) is 56.4 Å². The van der Waals surface area contributed by atoms with E-state index in [9.17, 15) is 9.59 Å². The number of carbonyl (C=O) groups is 1. The molecule has 0 amide bonds. The second kappa shape index (κ2) is 11.3. The summed E-state index contributed by atoms with van der Waals surface area (Å²) in [6.07, 6.45) is 3.79. The highest BCUT2D eigenvalue weighted by Gasteiger charge is 2.21. The zero-order chi connectivity index (χ0) is 23.1. The van der Waals surface area contributed by atoms with E-state index in [-0.39, 0.29) is 23.0 Å². The SMILES string of the molecule is CCCCOc1ccc(/C=C(\Cl)c2nc3sc(C(=O)OCCOC)c(C)c3c(=O)[nH]2)cc1. The second-order valence-corrected chi connectivity index (χ2v) is 8.45. The number of esters is 1. The van der Waals surface area contributed by atoms with E-state index in [0.717, 1.165) is 35.5 Å². The van der Waals surface area contributed by atoms with Gasteiger partial charge in [-0.25, -0.2) is 9.78 Å². The van der Waals surface area contributed by atoms with Crippen LogP contribution in [0.15, 0.2) is 29.1 Å². The molecule has 0 saturated carbocycles. The first-order valence-electron chi connectivity index (χ1n) is 10.2. The summed E-state index contributed by atoms with van der Waals surface area (Å²) in [5.74, 6) is 0.512. The van der Waals surface area contributed by atoms with E-state index < -0.39 is 5.97 Å². The quantitative estimate of drug-likeness (QED) is 0.326. The maximum Gasteiger partial charge on any atom is 0.348 e. The van der Waals surface area contributed by atoms with E-state index >= 15 is 0 Å². The second-order valence-electron chi connectivity index (χ2n) is 7.04. The Morgan fingerprint density at radius 2 is 1.97 bits per heavy atom. The number of hydrogen-bond acceptors (Lipinski definition) is 7. The van der Waals surface area contributed by atoms with E-state index in [2.05, 4.69) is 16.9 Å². The van der Waals surface area contributed by atoms with E-state index in [4.69, 9.17) is 25.8 Å². The van der Waals surface area contributed by atoms with Crippen molar-refractivity contribution in [2.75, 3.05) is 26.9 Å². The van der Waals surface area contributed by atoms with Crippen molar-refractivity contribution >= 4 is 50.2 Å². The van der Waals surface area contributed by atoms with Gasteiger partial charge in [0.1, 0.15) is 22.1 Å². The molecule has 2 heterocycles. The Labute approximate surface area is 195 Å². The molecule has 0 aliphatic carbocycles. The van der Waals surface area contributed by atoms with Crippen LogP contribution in [0.3, 0.4) is 0 Å². The van der Waals surface area contributed by atoms with Crippen LogP contribution in [0.25, 0.3) is 21.3 Å². The van der Waals surface area contributed by atoms with Crippen LogP contribution in [-0.2, 0) is 9.47 Å². The first kappa shape index (κ1) is 24.0. The van der Waals surface area contributed by atoms with Gasteiger partial charge in [-0.3, -0.25) is 4.79 Å². The number of H-pyrrole nitrogens is 1. The lowest BCUT2D eigenvalue weighted by molar-refractivity contribution is 0.0393. The van der Waals surface area contributed by atoms with Crippen molar-refractivity contribution in [2.45, 2.75) is 26.7 Å². The average Bonchev–Trinajstić information content (AvgIpc) is 3.12. The van der Waals surface area contributed by atoms with Gasteiger partial charge in [-0.1, -0.05) is 37.1 Å². The molecule has 0 bridgehead atoms. The maximum absolute atomic E-state index is 12.7. The number of carbonyl (C=O) groups excluding carboxylic acids is 1. The lowest BCUT2D eigenvalue weighted by atomic mass is 10.2. The Balaban J connectivity index is 1.84. The fraction of sp³-hybridized carbons (Fsp3) is 0.348. The van der Waals surface area contributed by atoms with E-state index in [1.807, 2.05) is 24.3 Å². The Morgan fingerprint density at radius 3 is 2.66 bits per heavy atom. The lowest BCUT2D eigenvalue weighted by Gasteiger charge is -2.05. The van der Waals surface area contributed by atoms with Gasteiger partial charge in [0.05, 0.1) is 23.6 Å². The molecular weight excluding hydrogens is 452 g/mol. The molecule has 0 aliphatic rings. The zero-order valence-corrected chi connectivity index (χ0v) is 19.8. The maximum atomic E-state index is 12.7. The first-order valence-corrected chi connectivity index (χ1v) is 11.4. The van der Waals surface area contributed by atoms with Crippen LogP contribution < -0.4 is 10.3 Å². The minimum absolute atomic E-state index is 0.134. The zero-order valence-electron chi connectivity index (χ0n) is 18.2. The molecule has 1 aromatic carbocycles. The summed E-state index contributed by atoms with van der Waals surface area (Å²) >= 11 is 7.55. The molecule has 7 nitrogen and oxygen atoms in total. The highest BCUT2D eigenvalue weighted by Crippen LogP contribution is 2.29. The number of rotatable bonds is 10. The van der Waals surface area contributed by atoms with Crippen molar-refractivity contribution in [3.63, 3.8) is 0 Å². The number of aromatic nitrogens is 2. The van der Waals surface area contributed by atoms with Gasteiger partial charge >= 0.3 is 5.97 Å². The van der Waals surface area contributed by atoms with Crippen molar-refractivity contribution in [3.8, 4) is 5.75 Å². The lowest BCUT2D eigenvalue weighted by Crippen LogP contribution is -2.11. The third-order valence-corrected chi connectivity index (χ3v) is 6.13. The minimum atomic E-state index is -0.508. The molecule has 0 spiro atoms. The molecular formula is C23H25ClN2O5S. The van der Waals surface area contributed by atoms with Crippen LogP contribution in [0.1, 0.15) is 46.4 Å². The number of nitrogens with one attached hydrogen (secondary N) is 1. The molecule has 9 heteroatoms. The Kier molecular flexibility index (Phi) is 8.44. The topological polar surface area (TPSA) is 90.5 Å². The summed E-state index contributed by atoms with van der Waals surface area (Å²) in [6, 6.07) is 7.50. The molecule has 0 saturated heterocycles. The third kappa shape index (κ3) is 5.76. The number of unbranched alkanes of at least 4 members (excludes halogenated alkanes) is 1. The van der Waals surface area contributed by atoms with Gasteiger partial charge in [0, 0.05) is 7.11 Å². The van der Waals surface area contributed by atoms with Gasteiger partial charge in [0.25, 0.3) is 5.56 Å². The summed E-state index contributed by atoms with van der Waals surface area (Å²) in [6.45, 7) is 4.92. The van der Waals surface area contributed by atoms with Gasteiger partial charge in [-0.05, 0) is 42.7 Å². The Morgan fingerprint density at radius 1 is 1.22 bits per heavy atom. The molecule has 0 aliphatic heterocycles. The number of aryl methyl sites for hydroxylation is 1. The van der Waals surface area contributed by atoms with Gasteiger partial charge < -0.3 is 19.2 Å². The molecule has 0 unspecified atom stereocenters. The van der Waals surface area contributed by atoms with E-state index in [0.29, 0.717) is 33.9 Å². The van der Waals surface area contributed by atoms with Gasteiger partial charge in [0.2, 0.25) is 0 Å². The predicted octanol–water partition coefficient (Wildman–Crippen LogP) is 5.01. The molecule has 0 fully saturated rings. The fourth-order valence-electron chi connectivity index (χ4n) is 2.94. The minimum Gasteiger partial charge on any atom is -0.494 e. The number of hydrogen-bond donors (Lipinski definition) is 1. The van der Waals surface area contributed by atoms with Gasteiger partial charge in [-0.2, -0.15) is 0 Å². The number of nitrogens with zero attached hydrogens (tertiary/aromatic N) is 1. The van der Waals surface area contributed by atoms with Crippen molar-refractivity contribution in [1.29, 1.82) is 0 Å². The van der Waals surface area contributed by atoms with Crippen molar-refractivity contribution < 1.29 is 19.0 Å². The van der Waals surface area contributed by atoms with Crippen LogP contribution >= 0.6 is 22.9 Å². The van der Waals surface area contributed by atoms with Crippen molar-refractivity contribution in [1.82, 2.24) is 9.97 Å². The van der Waals surface area contributed by atoms with Gasteiger partial charge in [-0.15, -0.1) is 11.3 Å². The predicted molar refractivity (Wildman–Crippen MR) is 128 cm³/mol. The number of ether oxygens (including phenoxy) is 3. The molecule has 3 rings (SSSR count). The van der Waals surface area contributed by atoms with Gasteiger partial charge in [0.15, 0.2) is 5.82 Å². The molecule has 1 N–H and O–H groups in total. The summed E-state index contributed by atoms with van der Waals surface area (Å²) in [4.78, 5) is 32.9. The molecule has 3 aromatic rings. The highest BCUT2D eigenvalue weighted by molar-refractivity contribution is 7.20. The normalized spacial score (nSPS) is 11.7. The first-order chi connectivity index (χ1) is 15.4. The standard InChI is InChI=1S/C23H25ClN2O5S/c1-4-5-10-30-16-8-6-15(7-9-16)13-17(24)20-25-21(27)18-14(2)19(32-22(18)26-20)23(28)31-12-11-29-3/h6-9,13H,4-5,10-12H2,1-3H3,(H,25,26,27)/b17-13-. The summed E-state index contributed by atoms with van der Waals surface area (Å²) < 4.78 is 15.7. The van der Waals surface area contributed by atoms with Crippen LogP contribution in [0.4, 0.5) is 0 Å². The van der Waals surface area contributed by atoms with Crippen LogP contribution in [0, 0.1) is 6.92 Å². The average molecular weight is 477 g/mol. The van der Waals surface area contributed by atoms with E-state index in [1.165, 1.54) is 7.11 Å². The molecule has 0 radical (unpaired) electrons. The number of thiophene rings is 1. The van der Waals surface area contributed by atoms with Crippen LogP contribution in [-0.4, -0.2) is 42.9 Å². The summed E-state index contributed by atoms with van der Waals surface area (Å²) in [5.41, 5.74) is 1.01. The third-order valence-electron chi connectivity index (χ3n) is 4.67. The Bertz CT molecular complexity index is 1170. The monoisotopic (exact) mass is 476 g/mol. The number of halogens is 1. The Hall–Kier alpha value is -2.68. The number of benzene rings is 1. The molecule has 0 atom stereocenters. The number of methoxy groups -OCH3 is 1. The van der Waals surface area contributed by atoms with Crippen molar-refractivity contribution in [2.24, 2.45) is 0 Å². The summed E-state index contributed by atoms with van der Waals surface area (Å²) in [7, 11) is 1.52. The smallest absolute Gasteiger partial charge is 0.348 e. The highest BCUT2D eigenvalue weighted by atomic mass is 35.5. The summed E-state index contributed by atoms with van der Waals surface area (Å²) in [5, 5.41) is 0.634. The molecule has 32 heavy (non-hydrogen) atoms. The molecule has 2 aromatic heterocycles. The number of fused-ring (bicyclic) bond motifs is 1. The fourth-order valence-corrected chi connectivity index (χ4v) is 4.24. The van der Waals surface area contributed by atoms with E-state index in [1.54, 1.807) is 13.0 Å². The largest absolute Gasteiger partial charge is 0.494 e. The van der Waals surface area contributed by atoms with Crippen LogP contribution in [0.2, 0.25) is 0 Å². The van der Waals surface area contributed by atoms with Crippen LogP contribution in [0.5, 0.6) is 5.75 Å².